The zero-order valence-corrected chi connectivity index (χ0v) is 14.8. The molecule has 0 heterocycles. The van der Waals surface area contributed by atoms with Gasteiger partial charge in [-0.25, -0.2) is 4.79 Å². The smallest absolute Gasteiger partial charge is 0.341 e. The number of amidine groups is 1. The first-order chi connectivity index (χ1) is 13.0. The molecular formula is C17H16N4O5S. The number of carboxylic acid groups (broad SMARTS) is 1. The maximum Gasteiger partial charge on any atom is 0.341 e. The van der Waals surface area contributed by atoms with Gasteiger partial charge in [0.2, 0.25) is 0 Å². The number of benzene rings is 2. The fourth-order valence-corrected chi connectivity index (χ4v) is 2.54. The van der Waals surface area contributed by atoms with Crippen molar-refractivity contribution in [1.29, 1.82) is 0 Å². The fourth-order valence-electron chi connectivity index (χ4n) is 1.93. The summed E-state index contributed by atoms with van der Waals surface area (Å²) < 4.78 is 5.10. The zero-order valence-electron chi connectivity index (χ0n) is 14.0. The number of nitrogens with zero attached hydrogens (tertiary/aromatic N) is 3. The van der Waals surface area contributed by atoms with Gasteiger partial charge in [0.25, 0.3) is 5.69 Å². The second-order valence-corrected chi connectivity index (χ2v) is 6.11. The van der Waals surface area contributed by atoms with Gasteiger partial charge in [-0.05, 0) is 11.6 Å². The van der Waals surface area contributed by atoms with E-state index in [1.54, 1.807) is 0 Å². The Morgan fingerprint density at radius 1 is 1.30 bits per heavy atom. The van der Waals surface area contributed by atoms with E-state index in [1.807, 2.05) is 30.3 Å². The van der Waals surface area contributed by atoms with Crippen molar-refractivity contribution in [3.05, 3.63) is 69.8 Å². The largest absolute Gasteiger partial charge is 0.481 e. The molecule has 0 fully saturated rings. The van der Waals surface area contributed by atoms with Crippen LogP contribution in [0.3, 0.4) is 0 Å². The molecule has 0 aliphatic carbocycles. The summed E-state index contributed by atoms with van der Waals surface area (Å²) in [5.41, 5.74) is 6.89. The number of hydrogen-bond acceptors (Lipinski definition) is 7. The molecule has 2 rings (SSSR count). The summed E-state index contributed by atoms with van der Waals surface area (Å²) in [5, 5.41) is 27.5. The normalized spacial score (nSPS) is 11.5. The summed E-state index contributed by atoms with van der Waals surface area (Å²) in [4.78, 5) is 21.0. The van der Waals surface area contributed by atoms with Gasteiger partial charge in [0.1, 0.15) is 5.75 Å². The lowest BCUT2D eigenvalue weighted by Crippen LogP contribution is -2.10. The molecule has 27 heavy (non-hydrogen) atoms. The Morgan fingerprint density at radius 2 is 2.04 bits per heavy atom. The first-order valence-corrected chi connectivity index (χ1v) is 8.60. The lowest BCUT2D eigenvalue weighted by molar-refractivity contribution is -0.384. The molecule has 0 aromatic heterocycles. The molecule has 2 aromatic carbocycles. The molecule has 0 aliphatic heterocycles. The van der Waals surface area contributed by atoms with Gasteiger partial charge in [-0.2, -0.15) is 5.10 Å². The molecule has 10 heteroatoms. The predicted molar refractivity (Wildman–Crippen MR) is 103 cm³/mol. The number of nitro groups is 1. The molecule has 0 radical (unpaired) electrons. The molecule has 0 aliphatic rings. The Kier molecular flexibility index (Phi) is 7.32. The standard InChI is InChI=1S/C17H16N4O5S/c18-17(27-11-12-4-2-1-3-5-12)20-19-9-13-8-14(21(24)25)6-7-15(13)26-10-16(22)23/h1-9H,10-11H2,(H2,18,20)(H,22,23). The van der Waals surface area contributed by atoms with Gasteiger partial charge in [-0.1, -0.05) is 42.1 Å². The summed E-state index contributed by atoms with van der Waals surface area (Å²) in [6.45, 7) is -0.586. The van der Waals surface area contributed by atoms with Gasteiger partial charge in [0.15, 0.2) is 11.8 Å². The molecule has 0 spiro atoms. The molecule has 0 saturated heterocycles. The Morgan fingerprint density at radius 3 is 2.70 bits per heavy atom. The Hall–Kier alpha value is -3.40. The minimum Gasteiger partial charge on any atom is -0.481 e. The lowest BCUT2D eigenvalue weighted by atomic mass is 10.2. The lowest BCUT2D eigenvalue weighted by Gasteiger charge is -2.06. The van der Waals surface area contributed by atoms with Crippen LogP contribution >= 0.6 is 11.8 Å². The van der Waals surface area contributed by atoms with E-state index in [1.165, 1.54) is 36.2 Å². The van der Waals surface area contributed by atoms with E-state index < -0.39 is 17.5 Å². The quantitative estimate of drug-likeness (QED) is 0.306. The van der Waals surface area contributed by atoms with Gasteiger partial charge in [-0.3, -0.25) is 10.1 Å². The number of ether oxygens (including phenoxy) is 1. The maximum atomic E-state index is 10.9. The summed E-state index contributed by atoms with van der Waals surface area (Å²) in [7, 11) is 0. The molecule has 0 bridgehead atoms. The highest BCUT2D eigenvalue weighted by atomic mass is 32.2. The van der Waals surface area contributed by atoms with Crippen molar-refractivity contribution in [2.24, 2.45) is 15.9 Å². The highest BCUT2D eigenvalue weighted by Crippen LogP contribution is 2.23. The third-order valence-electron chi connectivity index (χ3n) is 3.14. The van der Waals surface area contributed by atoms with Crippen LogP contribution in [0.5, 0.6) is 5.75 Å². The van der Waals surface area contributed by atoms with E-state index in [9.17, 15) is 14.9 Å². The van der Waals surface area contributed by atoms with Crippen molar-refractivity contribution in [2.45, 2.75) is 5.75 Å². The molecule has 2 aromatic rings. The third-order valence-corrected chi connectivity index (χ3v) is 3.99. The number of rotatable bonds is 8. The molecule has 0 unspecified atom stereocenters. The van der Waals surface area contributed by atoms with Crippen LogP contribution in [0.15, 0.2) is 58.7 Å². The summed E-state index contributed by atoms with van der Waals surface area (Å²) in [6.07, 6.45) is 1.22. The number of carboxylic acids is 1. The van der Waals surface area contributed by atoms with E-state index in [4.69, 9.17) is 15.6 Å². The number of thioether (sulfide) groups is 1. The van der Waals surface area contributed by atoms with Crippen LogP contribution in [0.2, 0.25) is 0 Å². The minimum atomic E-state index is -1.17. The van der Waals surface area contributed by atoms with Crippen molar-refractivity contribution in [1.82, 2.24) is 0 Å². The summed E-state index contributed by atoms with van der Waals surface area (Å²) >= 11 is 1.29. The number of aliphatic carboxylic acids is 1. The zero-order chi connectivity index (χ0) is 19.6. The molecule has 0 amide bonds. The monoisotopic (exact) mass is 388 g/mol. The first kappa shape index (κ1) is 19.9. The Bertz CT molecular complexity index is 871. The van der Waals surface area contributed by atoms with Crippen molar-refractivity contribution in [3.63, 3.8) is 0 Å². The van der Waals surface area contributed by atoms with Crippen LogP contribution in [0.25, 0.3) is 0 Å². The topological polar surface area (TPSA) is 140 Å². The molecule has 9 nitrogen and oxygen atoms in total. The summed E-state index contributed by atoms with van der Waals surface area (Å²) in [5.74, 6) is -0.413. The number of hydrogen-bond donors (Lipinski definition) is 2. The van der Waals surface area contributed by atoms with Gasteiger partial charge in [-0.15, -0.1) is 5.10 Å². The average molecular weight is 388 g/mol. The van der Waals surface area contributed by atoms with Crippen molar-refractivity contribution in [2.75, 3.05) is 6.61 Å². The van der Waals surface area contributed by atoms with Gasteiger partial charge in [0, 0.05) is 23.4 Å². The molecule has 3 N–H and O–H groups in total. The highest BCUT2D eigenvalue weighted by molar-refractivity contribution is 8.13. The first-order valence-electron chi connectivity index (χ1n) is 7.62. The predicted octanol–water partition coefficient (Wildman–Crippen LogP) is 2.64. The van der Waals surface area contributed by atoms with Crippen LogP contribution in [0.4, 0.5) is 5.69 Å². The highest BCUT2D eigenvalue weighted by Gasteiger charge is 2.11. The van der Waals surface area contributed by atoms with E-state index in [0.717, 1.165) is 5.56 Å². The number of nitrogens with two attached hydrogens (primary N) is 1. The Balaban J connectivity index is 2.09. The SMILES string of the molecule is NC(=NN=Cc1cc([N+](=O)[O-])ccc1OCC(=O)O)SCc1ccccc1. The number of nitro benzene ring substituents is 1. The van der Waals surface area contributed by atoms with Crippen LogP contribution in [0.1, 0.15) is 11.1 Å². The van der Waals surface area contributed by atoms with Crippen LogP contribution < -0.4 is 10.5 Å². The molecule has 0 saturated carbocycles. The molecule has 0 atom stereocenters. The van der Waals surface area contributed by atoms with Gasteiger partial charge < -0.3 is 15.6 Å². The van der Waals surface area contributed by atoms with Crippen LogP contribution in [-0.4, -0.2) is 34.0 Å². The Labute approximate surface area is 158 Å². The fraction of sp³-hybridized carbons (Fsp3) is 0.118. The van der Waals surface area contributed by atoms with E-state index in [-0.39, 0.29) is 22.2 Å². The van der Waals surface area contributed by atoms with Crippen molar-refractivity contribution in [3.8, 4) is 5.75 Å². The number of non-ortho nitro benzene ring substituents is 1. The van der Waals surface area contributed by atoms with E-state index in [2.05, 4.69) is 10.2 Å². The summed E-state index contributed by atoms with van der Waals surface area (Å²) in [6, 6.07) is 13.4. The minimum absolute atomic E-state index is 0.137. The number of carbonyl (C=O) groups is 1. The average Bonchev–Trinajstić information content (AvgIpc) is 2.66. The van der Waals surface area contributed by atoms with Crippen molar-refractivity contribution < 1.29 is 19.6 Å². The van der Waals surface area contributed by atoms with Crippen LogP contribution in [0, 0.1) is 10.1 Å². The van der Waals surface area contributed by atoms with Crippen LogP contribution in [-0.2, 0) is 10.5 Å². The molecular weight excluding hydrogens is 372 g/mol. The van der Waals surface area contributed by atoms with Gasteiger partial charge in [0.05, 0.1) is 11.1 Å². The van der Waals surface area contributed by atoms with Crippen molar-refractivity contribution >= 4 is 34.8 Å². The molecule has 140 valence electrons. The van der Waals surface area contributed by atoms with E-state index >= 15 is 0 Å². The maximum absolute atomic E-state index is 10.9. The third kappa shape index (κ3) is 6.78. The van der Waals surface area contributed by atoms with E-state index in [0.29, 0.717) is 5.75 Å². The second kappa shape index (κ2) is 9.92. The second-order valence-electron chi connectivity index (χ2n) is 5.12. The van der Waals surface area contributed by atoms with Gasteiger partial charge >= 0.3 is 5.97 Å².